The molecule has 0 spiro atoms. The van der Waals surface area contributed by atoms with E-state index in [4.69, 9.17) is 4.74 Å². The molecular weight excluding hydrogens is 298 g/mol. The molecule has 1 aliphatic heterocycles. The van der Waals surface area contributed by atoms with E-state index in [0.717, 1.165) is 56.1 Å². The summed E-state index contributed by atoms with van der Waals surface area (Å²) in [7, 11) is 0. The predicted molar refractivity (Wildman–Crippen MR) is 86.2 cm³/mol. The van der Waals surface area contributed by atoms with E-state index in [0.29, 0.717) is 12.0 Å². The number of rotatable bonds is 4. The number of ether oxygens (including phenoxy) is 1. The van der Waals surface area contributed by atoms with Crippen molar-refractivity contribution in [3.63, 3.8) is 0 Å². The third-order valence-electron chi connectivity index (χ3n) is 4.27. The second-order valence-electron chi connectivity index (χ2n) is 5.95. The van der Waals surface area contributed by atoms with Crippen molar-refractivity contribution < 1.29 is 9.53 Å². The first-order valence-corrected chi connectivity index (χ1v) is 8.67. The molecule has 1 atom stereocenters. The van der Waals surface area contributed by atoms with Gasteiger partial charge in [0.1, 0.15) is 11.1 Å². The largest absolute Gasteiger partial charge is 0.376 e. The van der Waals surface area contributed by atoms with Crippen LogP contribution in [0, 0.1) is 11.3 Å². The quantitative estimate of drug-likeness (QED) is 0.923. The Balaban J connectivity index is 1.55. The number of nitrogens with one attached hydrogen (secondary N) is 1. The molecule has 5 nitrogen and oxygen atoms in total. The molecule has 0 saturated carbocycles. The summed E-state index contributed by atoms with van der Waals surface area (Å²) in [5.41, 5.74) is 1.84. The number of fused-ring (bicyclic) bond motifs is 1. The van der Waals surface area contributed by atoms with Crippen LogP contribution >= 0.6 is 11.3 Å². The fraction of sp³-hybridized carbons (Fsp3) is 0.625. The minimum atomic E-state index is -0.00410. The number of morpholine rings is 1. The van der Waals surface area contributed by atoms with Crippen molar-refractivity contribution in [2.24, 2.45) is 0 Å². The number of carbonyl (C=O) groups is 1. The molecule has 3 rings (SSSR count). The monoisotopic (exact) mass is 319 g/mol. The molecule has 0 unspecified atom stereocenters. The molecule has 1 saturated heterocycles. The van der Waals surface area contributed by atoms with Gasteiger partial charge in [0.25, 0.3) is 0 Å². The number of nitriles is 1. The van der Waals surface area contributed by atoms with Gasteiger partial charge in [-0.05, 0) is 31.7 Å². The van der Waals surface area contributed by atoms with Crippen molar-refractivity contribution in [1.82, 2.24) is 4.90 Å². The van der Waals surface area contributed by atoms with Crippen LogP contribution in [0.3, 0.4) is 0 Å². The van der Waals surface area contributed by atoms with Crippen LogP contribution in [-0.2, 0) is 22.4 Å². The zero-order valence-electron chi connectivity index (χ0n) is 12.9. The molecule has 2 aliphatic rings. The third kappa shape index (κ3) is 3.32. The molecule has 118 valence electrons. The number of thiophene rings is 1. The lowest BCUT2D eigenvalue weighted by Gasteiger charge is -2.30. The molecule has 1 aliphatic carbocycles. The van der Waals surface area contributed by atoms with Gasteiger partial charge in [-0.15, -0.1) is 11.3 Å². The van der Waals surface area contributed by atoms with Gasteiger partial charge in [-0.1, -0.05) is 0 Å². The maximum absolute atomic E-state index is 12.2. The first-order valence-electron chi connectivity index (χ1n) is 7.86. The Kier molecular flexibility index (Phi) is 4.77. The number of hydrogen-bond acceptors (Lipinski definition) is 5. The van der Waals surface area contributed by atoms with Gasteiger partial charge in [-0.25, -0.2) is 0 Å². The van der Waals surface area contributed by atoms with Crippen LogP contribution in [0.5, 0.6) is 0 Å². The van der Waals surface area contributed by atoms with Crippen molar-refractivity contribution in [2.75, 3.05) is 31.6 Å². The van der Waals surface area contributed by atoms with E-state index in [-0.39, 0.29) is 12.0 Å². The summed E-state index contributed by atoms with van der Waals surface area (Å²) in [5, 5.41) is 13.0. The second-order valence-corrected chi connectivity index (χ2v) is 7.06. The highest BCUT2D eigenvalue weighted by Crippen LogP contribution is 2.38. The normalized spacial score (nSPS) is 21.4. The lowest BCUT2D eigenvalue weighted by molar-refractivity contribution is -0.117. The zero-order chi connectivity index (χ0) is 15.5. The van der Waals surface area contributed by atoms with Gasteiger partial charge < -0.3 is 10.1 Å². The predicted octanol–water partition coefficient (Wildman–Crippen LogP) is 2.16. The van der Waals surface area contributed by atoms with E-state index >= 15 is 0 Å². The first-order chi connectivity index (χ1) is 10.7. The number of aryl methyl sites for hydroxylation is 1. The smallest absolute Gasteiger partial charge is 0.226 e. The number of carbonyl (C=O) groups excluding carboxylic acids is 1. The molecule has 1 aromatic rings. The van der Waals surface area contributed by atoms with Crippen LogP contribution in [0.2, 0.25) is 0 Å². The Morgan fingerprint density at radius 3 is 3.18 bits per heavy atom. The molecule has 0 radical (unpaired) electrons. The van der Waals surface area contributed by atoms with Crippen molar-refractivity contribution in [1.29, 1.82) is 5.26 Å². The molecule has 1 N–H and O–H groups in total. The highest BCUT2D eigenvalue weighted by atomic mass is 32.1. The number of hydrogen-bond donors (Lipinski definition) is 1. The summed E-state index contributed by atoms with van der Waals surface area (Å²) in [6.07, 6.45) is 3.83. The van der Waals surface area contributed by atoms with Gasteiger partial charge in [-0.3, -0.25) is 9.69 Å². The summed E-state index contributed by atoms with van der Waals surface area (Å²) >= 11 is 1.58. The molecule has 1 amide bonds. The van der Waals surface area contributed by atoms with Crippen LogP contribution in [0.25, 0.3) is 0 Å². The lowest BCUT2D eigenvalue weighted by Crippen LogP contribution is -2.42. The lowest BCUT2D eigenvalue weighted by atomic mass is 10.1. The van der Waals surface area contributed by atoms with Gasteiger partial charge in [-0.2, -0.15) is 5.26 Å². The summed E-state index contributed by atoms with van der Waals surface area (Å²) in [6, 6.07) is 2.26. The van der Waals surface area contributed by atoms with Crippen LogP contribution in [0.1, 0.15) is 35.8 Å². The first kappa shape index (κ1) is 15.5. The standard InChI is InChI=1S/C16H21N3O2S/c1-11-10-19(7-8-21-11)6-5-15(20)18-16-13(9-17)12-3-2-4-14(12)22-16/h11H,2-8,10H2,1H3,(H,18,20)/t11-/m1/s1. The van der Waals surface area contributed by atoms with E-state index in [9.17, 15) is 10.1 Å². The van der Waals surface area contributed by atoms with E-state index < -0.39 is 0 Å². The molecular formula is C16H21N3O2S. The van der Waals surface area contributed by atoms with Crippen LogP contribution in [0.15, 0.2) is 0 Å². The zero-order valence-corrected chi connectivity index (χ0v) is 13.7. The Morgan fingerprint density at radius 2 is 2.41 bits per heavy atom. The van der Waals surface area contributed by atoms with Crippen molar-refractivity contribution in [3.05, 3.63) is 16.0 Å². The minimum Gasteiger partial charge on any atom is -0.376 e. The third-order valence-corrected chi connectivity index (χ3v) is 5.47. The molecule has 2 heterocycles. The Bertz CT molecular complexity index is 605. The Morgan fingerprint density at radius 1 is 1.55 bits per heavy atom. The van der Waals surface area contributed by atoms with Gasteiger partial charge in [0.05, 0.1) is 18.3 Å². The van der Waals surface area contributed by atoms with Crippen LogP contribution in [0.4, 0.5) is 5.00 Å². The minimum absolute atomic E-state index is 0.00410. The van der Waals surface area contributed by atoms with E-state index in [1.54, 1.807) is 11.3 Å². The fourth-order valence-corrected chi connectivity index (χ4v) is 4.41. The number of amides is 1. The van der Waals surface area contributed by atoms with E-state index in [1.807, 2.05) is 0 Å². The van der Waals surface area contributed by atoms with Crippen LogP contribution < -0.4 is 5.32 Å². The number of nitrogens with zero attached hydrogens (tertiary/aromatic N) is 2. The molecule has 0 aromatic carbocycles. The maximum Gasteiger partial charge on any atom is 0.226 e. The molecule has 0 bridgehead atoms. The molecule has 1 aromatic heterocycles. The van der Waals surface area contributed by atoms with E-state index in [1.165, 1.54) is 4.88 Å². The Labute approximate surface area is 134 Å². The summed E-state index contributed by atoms with van der Waals surface area (Å²) in [5.74, 6) is -0.00410. The van der Waals surface area contributed by atoms with E-state index in [2.05, 4.69) is 23.2 Å². The second kappa shape index (κ2) is 6.78. The SMILES string of the molecule is C[C@@H]1CN(CCC(=O)Nc2sc3c(c2C#N)CCC3)CCO1. The summed E-state index contributed by atoms with van der Waals surface area (Å²) in [6.45, 7) is 5.29. The Hall–Kier alpha value is -1.42. The fourth-order valence-electron chi connectivity index (χ4n) is 3.15. The molecule has 1 fully saturated rings. The maximum atomic E-state index is 12.2. The molecule has 6 heteroatoms. The topological polar surface area (TPSA) is 65.4 Å². The average molecular weight is 319 g/mol. The van der Waals surface area contributed by atoms with Gasteiger partial charge in [0, 0.05) is 30.9 Å². The van der Waals surface area contributed by atoms with Crippen molar-refractivity contribution >= 4 is 22.2 Å². The van der Waals surface area contributed by atoms with Crippen LogP contribution in [-0.4, -0.2) is 43.2 Å². The van der Waals surface area contributed by atoms with Crippen molar-refractivity contribution in [2.45, 2.75) is 38.7 Å². The average Bonchev–Trinajstić information content (AvgIpc) is 3.05. The summed E-state index contributed by atoms with van der Waals surface area (Å²) < 4.78 is 5.50. The summed E-state index contributed by atoms with van der Waals surface area (Å²) in [4.78, 5) is 15.7. The van der Waals surface area contributed by atoms with Gasteiger partial charge in [0.2, 0.25) is 5.91 Å². The highest BCUT2D eigenvalue weighted by Gasteiger charge is 2.23. The van der Waals surface area contributed by atoms with Gasteiger partial charge >= 0.3 is 0 Å². The highest BCUT2D eigenvalue weighted by molar-refractivity contribution is 7.16. The molecule has 22 heavy (non-hydrogen) atoms. The van der Waals surface area contributed by atoms with Crippen molar-refractivity contribution in [3.8, 4) is 6.07 Å². The number of anilines is 1. The van der Waals surface area contributed by atoms with Gasteiger partial charge in [0.15, 0.2) is 0 Å².